The van der Waals surface area contributed by atoms with E-state index in [0.717, 1.165) is 28.0 Å². The number of hydrogen-bond donors (Lipinski definition) is 0. The number of benzene rings is 1. The van der Waals surface area contributed by atoms with E-state index in [9.17, 15) is 0 Å². The van der Waals surface area contributed by atoms with Gasteiger partial charge in [0.1, 0.15) is 0 Å². The lowest BCUT2D eigenvalue weighted by atomic mass is 10.2. The fourth-order valence-electron chi connectivity index (χ4n) is 2.07. The lowest BCUT2D eigenvalue weighted by Crippen LogP contribution is -2.01. The zero-order chi connectivity index (χ0) is 15.4. The van der Waals surface area contributed by atoms with Crippen LogP contribution in [0.3, 0.4) is 0 Å². The van der Waals surface area contributed by atoms with E-state index in [-0.39, 0.29) is 0 Å². The summed E-state index contributed by atoms with van der Waals surface area (Å²) in [5.41, 5.74) is 2.69. The van der Waals surface area contributed by atoms with Crippen molar-refractivity contribution in [2.75, 3.05) is 0 Å². The third-order valence-electron chi connectivity index (χ3n) is 3.09. The van der Waals surface area contributed by atoms with Crippen molar-refractivity contribution in [3.63, 3.8) is 0 Å². The lowest BCUT2D eigenvalue weighted by Gasteiger charge is -2.06. The topological polar surface area (TPSA) is 24.7 Å². The van der Waals surface area contributed by atoms with Gasteiger partial charge in [0.2, 0.25) is 0 Å². The Morgan fingerprint density at radius 2 is 1.86 bits per heavy atom. The number of thiophene rings is 2. The van der Waals surface area contributed by atoms with E-state index >= 15 is 0 Å². The van der Waals surface area contributed by atoms with E-state index in [2.05, 4.69) is 62.7 Å². The predicted molar refractivity (Wildman–Crippen MR) is 102 cm³/mol. The van der Waals surface area contributed by atoms with Gasteiger partial charge in [0.25, 0.3) is 0 Å². The van der Waals surface area contributed by atoms with E-state index in [0.29, 0.717) is 0 Å². The maximum absolute atomic E-state index is 4.87. The number of hydrogen-bond acceptors (Lipinski definition) is 4. The number of aliphatic imine (C=N–C) groups is 2. The molecule has 110 valence electrons. The maximum atomic E-state index is 4.87. The van der Waals surface area contributed by atoms with Crippen molar-refractivity contribution in [2.45, 2.75) is 6.42 Å². The molecule has 0 aliphatic heterocycles. The normalized spacial score (nSPS) is 11.6. The molecular weight excluding hydrogens is 376 g/mol. The molecule has 2 nitrogen and oxygen atoms in total. The molecule has 0 spiro atoms. The first-order chi connectivity index (χ1) is 10.8. The van der Waals surface area contributed by atoms with Gasteiger partial charge in [-0.1, -0.05) is 28.1 Å². The van der Waals surface area contributed by atoms with Gasteiger partial charge in [-0.25, -0.2) is 4.99 Å². The van der Waals surface area contributed by atoms with Crippen LogP contribution in [0.5, 0.6) is 0 Å². The molecule has 0 saturated heterocycles. The summed E-state index contributed by atoms with van der Waals surface area (Å²) in [5.74, 6) is 0. The highest BCUT2D eigenvalue weighted by Crippen LogP contribution is 2.32. The minimum atomic E-state index is 0.787. The molecule has 0 radical (unpaired) electrons. The van der Waals surface area contributed by atoms with Crippen LogP contribution in [-0.4, -0.2) is 12.4 Å². The summed E-state index contributed by atoms with van der Waals surface area (Å²) in [6, 6.07) is 14.3. The Morgan fingerprint density at radius 1 is 1.05 bits per heavy atom. The number of halogens is 1. The Hall–Kier alpha value is -1.56. The maximum Gasteiger partial charge on any atom is 0.0890 e. The van der Waals surface area contributed by atoms with Gasteiger partial charge < -0.3 is 0 Å². The van der Waals surface area contributed by atoms with Crippen molar-refractivity contribution >= 4 is 62.4 Å². The van der Waals surface area contributed by atoms with Gasteiger partial charge in [0.15, 0.2) is 0 Å². The Bertz CT molecular complexity index is 790. The summed E-state index contributed by atoms with van der Waals surface area (Å²) in [4.78, 5) is 11.4. The SMILES string of the molecule is C=Nc1cc(Br)ccc1/N=C(\Cc1cccs1)c1cccs1. The first-order valence-electron chi connectivity index (χ1n) is 6.66. The lowest BCUT2D eigenvalue weighted by molar-refractivity contribution is 1.36. The Morgan fingerprint density at radius 3 is 2.55 bits per heavy atom. The van der Waals surface area contributed by atoms with E-state index in [1.54, 1.807) is 22.7 Å². The van der Waals surface area contributed by atoms with Crippen molar-refractivity contribution < 1.29 is 0 Å². The highest BCUT2D eigenvalue weighted by atomic mass is 79.9. The highest BCUT2D eigenvalue weighted by Gasteiger charge is 2.09. The molecule has 0 aliphatic carbocycles. The van der Waals surface area contributed by atoms with Crippen molar-refractivity contribution in [1.82, 2.24) is 0 Å². The second-order valence-electron chi connectivity index (χ2n) is 4.58. The summed E-state index contributed by atoms with van der Waals surface area (Å²) in [5, 5.41) is 4.17. The number of rotatable bonds is 5. The molecule has 0 N–H and O–H groups in total. The Labute approximate surface area is 146 Å². The molecule has 3 rings (SSSR count). The molecule has 0 saturated carbocycles. The molecule has 0 bridgehead atoms. The highest BCUT2D eigenvalue weighted by molar-refractivity contribution is 9.10. The standard InChI is InChI=1S/C17H13BrN2S2/c1-19-15-10-12(18)6-7-14(15)20-16(17-5-3-9-22-17)11-13-4-2-8-21-13/h2-10H,1,11H2/b20-16+. The van der Waals surface area contributed by atoms with Crippen molar-refractivity contribution in [1.29, 1.82) is 0 Å². The van der Waals surface area contributed by atoms with Gasteiger partial charge in [-0.2, -0.15) is 0 Å². The zero-order valence-electron chi connectivity index (χ0n) is 11.7. The molecule has 1 aromatic carbocycles. The van der Waals surface area contributed by atoms with Crippen LogP contribution in [-0.2, 0) is 6.42 Å². The van der Waals surface area contributed by atoms with Crippen LogP contribution in [0.2, 0.25) is 0 Å². The summed E-state index contributed by atoms with van der Waals surface area (Å²) in [7, 11) is 0. The molecule has 3 aromatic rings. The quantitative estimate of drug-likeness (QED) is 0.460. The van der Waals surface area contributed by atoms with Gasteiger partial charge in [-0.15, -0.1) is 22.7 Å². The van der Waals surface area contributed by atoms with Gasteiger partial charge in [-0.05, 0) is 47.8 Å². The largest absolute Gasteiger partial charge is 0.262 e. The summed E-state index contributed by atoms with van der Waals surface area (Å²) < 4.78 is 0.977. The minimum Gasteiger partial charge on any atom is -0.262 e. The molecule has 2 aromatic heterocycles. The molecule has 22 heavy (non-hydrogen) atoms. The van der Waals surface area contributed by atoms with Crippen LogP contribution in [0.4, 0.5) is 11.4 Å². The van der Waals surface area contributed by atoms with E-state index in [4.69, 9.17) is 4.99 Å². The molecule has 0 atom stereocenters. The second-order valence-corrected chi connectivity index (χ2v) is 7.48. The van der Waals surface area contributed by atoms with E-state index < -0.39 is 0 Å². The molecule has 0 unspecified atom stereocenters. The molecule has 0 fully saturated rings. The van der Waals surface area contributed by atoms with Gasteiger partial charge >= 0.3 is 0 Å². The average molecular weight is 389 g/mol. The third kappa shape index (κ3) is 3.61. The first-order valence-corrected chi connectivity index (χ1v) is 9.21. The monoisotopic (exact) mass is 388 g/mol. The van der Waals surface area contributed by atoms with Crippen LogP contribution >= 0.6 is 38.6 Å². The fourth-order valence-corrected chi connectivity index (χ4v) is 3.84. The fraction of sp³-hybridized carbons (Fsp3) is 0.0588. The zero-order valence-corrected chi connectivity index (χ0v) is 14.9. The summed E-state index contributed by atoms with van der Waals surface area (Å²) in [6.45, 7) is 3.64. The molecule has 5 heteroatoms. The van der Waals surface area contributed by atoms with Gasteiger partial charge in [0, 0.05) is 20.6 Å². The minimum absolute atomic E-state index is 0.787. The first kappa shape index (κ1) is 15.3. The Kier molecular flexibility index (Phi) is 4.97. The van der Waals surface area contributed by atoms with Crippen LogP contribution in [0.25, 0.3) is 0 Å². The van der Waals surface area contributed by atoms with Crippen LogP contribution in [0.15, 0.2) is 67.7 Å². The van der Waals surface area contributed by atoms with Gasteiger partial charge in [-0.3, -0.25) is 4.99 Å². The average Bonchev–Trinajstić information content (AvgIpc) is 3.21. The third-order valence-corrected chi connectivity index (χ3v) is 5.38. The Balaban J connectivity index is 2.03. The van der Waals surface area contributed by atoms with Crippen LogP contribution < -0.4 is 0 Å². The van der Waals surface area contributed by atoms with Crippen LogP contribution in [0, 0.1) is 0 Å². The molecular formula is C17H13BrN2S2. The van der Waals surface area contributed by atoms with Crippen molar-refractivity contribution in [3.8, 4) is 0 Å². The van der Waals surface area contributed by atoms with E-state index in [1.807, 2.05) is 18.2 Å². The van der Waals surface area contributed by atoms with Crippen molar-refractivity contribution in [3.05, 3.63) is 67.5 Å². The predicted octanol–water partition coefficient (Wildman–Crippen LogP) is 6.27. The van der Waals surface area contributed by atoms with Crippen LogP contribution in [0.1, 0.15) is 9.75 Å². The number of nitrogens with zero attached hydrogens (tertiary/aromatic N) is 2. The smallest absolute Gasteiger partial charge is 0.0890 e. The molecule has 0 amide bonds. The van der Waals surface area contributed by atoms with E-state index in [1.165, 1.54) is 9.75 Å². The van der Waals surface area contributed by atoms with Crippen molar-refractivity contribution in [2.24, 2.45) is 9.98 Å². The summed E-state index contributed by atoms with van der Waals surface area (Å²) in [6.07, 6.45) is 0.824. The molecule has 2 heterocycles. The second kappa shape index (κ2) is 7.13. The molecule has 0 aliphatic rings. The van der Waals surface area contributed by atoms with Gasteiger partial charge in [0.05, 0.1) is 17.1 Å². The summed E-state index contributed by atoms with van der Waals surface area (Å²) >= 11 is 6.92.